The number of pyridine rings is 1. The van der Waals surface area contributed by atoms with Gasteiger partial charge in [0.2, 0.25) is 11.7 Å². The molecule has 8 heteroatoms. The lowest BCUT2D eigenvalue weighted by Crippen LogP contribution is -2.28. The van der Waals surface area contributed by atoms with E-state index in [1.54, 1.807) is 43.5 Å². The Kier molecular flexibility index (Phi) is 5.61. The lowest BCUT2D eigenvalue weighted by Gasteiger charge is -2.08. The van der Waals surface area contributed by atoms with Gasteiger partial charge in [0.25, 0.3) is 11.4 Å². The van der Waals surface area contributed by atoms with E-state index in [1.807, 2.05) is 31.2 Å². The first-order valence-electron chi connectivity index (χ1n) is 9.58. The standard InChI is InChI=1S/C23H20N4O4/c1-15-6-3-4-7-18(15)21-25-22(31-26-21)19-8-5-13-27(23(19)29)14-20(28)24-16-9-11-17(30-2)12-10-16/h3-13H,14H2,1-2H3,(H,24,28). The number of aryl methyl sites for hydroxylation is 1. The van der Waals surface area contributed by atoms with Crippen LogP contribution in [0.4, 0.5) is 5.69 Å². The Bertz CT molecular complexity index is 1280. The Morgan fingerprint density at radius 2 is 1.81 bits per heavy atom. The molecule has 2 heterocycles. The van der Waals surface area contributed by atoms with Gasteiger partial charge in [-0.1, -0.05) is 29.4 Å². The van der Waals surface area contributed by atoms with E-state index in [1.165, 1.54) is 10.8 Å². The molecule has 0 atom stereocenters. The number of carbonyl (C=O) groups excluding carboxylic acids is 1. The van der Waals surface area contributed by atoms with Gasteiger partial charge in [-0.2, -0.15) is 4.98 Å². The van der Waals surface area contributed by atoms with Crippen molar-refractivity contribution in [3.8, 4) is 28.6 Å². The van der Waals surface area contributed by atoms with Crippen molar-refractivity contribution in [2.45, 2.75) is 13.5 Å². The topological polar surface area (TPSA) is 99.2 Å². The van der Waals surface area contributed by atoms with E-state index >= 15 is 0 Å². The van der Waals surface area contributed by atoms with Gasteiger partial charge in [-0.25, -0.2) is 0 Å². The summed E-state index contributed by atoms with van der Waals surface area (Å²) in [7, 11) is 1.57. The molecule has 2 aromatic carbocycles. The highest BCUT2D eigenvalue weighted by Crippen LogP contribution is 2.23. The van der Waals surface area contributed by atoms with Crippen molar-refractivity contribution >= 4 is 11.6 Å². The van der Waals surface area contributed by atoms with Gasteiger partial charge in [0.05, 0.1) is 7.11 Å². The third kappa shape index (κ3) is 4.37. The van der Waals surface area contributed by atoms with Crippen molar-refractivity contribution in [2.24, 2.45) is 0 Å². The highest BCUT2D eigenvalue weighted by atomic mass is 16.5. The van der Waals surface area contributed by atoms with Crippen molar-refractivity contribution in [1.29, 1.82) is 0 Å². The summed E-state index contributed by atoms with van der Waals surface area (Å²) >= 11 is 0. The predicted molar refractivity (Wildman–Crippen MR) is 116 cm³/mol. The Hall–Kier alpha value is -4.20. The Morgan fingerprint density at radius 3 is 2.55 bits per heavy atom. The maximum atomic E-state index is 12.9. The summed E-state index contributed by atoms with van der Waals surface area (Å²) in [6.45, 7) is 1.79. The first-order chi connectivity index (χ1) is 15.0. The summed E-state index contributed by atoms with van der Waals surface area (Å²) in [5, 5.41) is 6.76. The number of nitrogens with one attached hydrogen (secondary N) is 1. The van der Waals surface area contributed by atoms with Gasteiger partial charge in [0.1, 0.15) is 17.9 Å². The molecule has 0 fully saturated rings. The van der Waals surface area contributed by atoms with Crippen molar-refractivity contribution in [2.75, 3.05) is 12.4 Å². The van der Waals surface area contributed by atoms with Gasteiger partial charge >= 0.3 is 0 Å². The molecule has 0 aliphatic heterocycles. The molecule has 4 rings (SSSR count). The Balaban J connectivity index is 1.54. The van der Waals surface area contributed by atoms with Crippen LogP contribution >= 0.6 is 0 Å². The Labute approximate surface area is 178 Å². The molecule has 1 N–H and O–H groups in total. The number of benzene rings is 2. The number of nitrogens with zero attached hydrogens (tertiary/aromatic N) is 3. The molecule has 0 unspecified atom stereocenters. The maximum absolute atomic E-state index is 12.9. The summed E-state index contributed by atoms with van der Waals surface area (Å²) < 4.78 is 11.7. The molecule has 0 bridgehead atoms. The zero-order valence-electron chi connectivity index (χ0n) is 17.0. The number of anilines is 1. The summed E-state index contributed by atoms with van der Waals surface area (Å²) in [4.78, 5) is 29.7. The fourth-order valence-corrected chi connectivity index (χ4v) is 3.12. The van der Waals surface area contributed by atoms with Gasteiger partial charge in [0.15, 0.2) is 0 Å². The number of rotatable bonds is 6. The zero-order chi connectivity index (χ0) is 21.8. The minimum absolute atomic E-state index is 0.105. The number of aromatic nitrogens is 3. The van der Waals surface area contributed by atoms with Gasteiger partial charge < -0.3 is 19.1 Å². The number of hydrogen-bond acceptors (Lipinski definition) is 6. The van der Waals surface area contributed by atoms with Gasteiger partial charge in [-0.3, -0.25) is 9.59 Å². The quantitative estimate of drug-likeness (QED) is 0.516. The van der Waals surface area contributed by atoms with Crippen LogP contribution in [0.3, 0.4) is 0 Å². The number of methoxy groups -OCH3 is 1. The highest BCUT2D eigenvalue weighted by molar-refractivity contribution is 5.90. The van der Waals surface area contributed by atoms with E-state index < -0.39 is 5.56 Å². The predicted octanol–water partition coefficient (Wildman–Crippen LogP) is 3.52. The van der Waals surface area contributed by atoms with Crippen LogP contribution < -0.4 is 15.6 Å². The molecule has 0 aliphatic rings. The molecule has 0 saturated carbocycles. The van der Waals surface area contributed by atoms with E-state index in [0.29, 0.717) is 17.3 Å². The van der Waals surface area contributed by atoms with E-state index in [2.05, 4.69) is 15.5 Å². The van der Waals surface area contributed by atoms with Crippen molar-refractivity contribution < 1.29 is 14.1 Å². The first kappa shape index (κ1) is 20.1. The molecule has 8 nitrogen and oxygen atoms in total. The summed E-state index contributed by atoms with van der Waals surface area (Å²) in [6.07, 6.45) is 1.54. The van der Waals surface area contributed by atoms with Gasteiger partial charge in [-0.05, 0) is 48.9 Å². The number of ether oxygens (including phenoxy) is 1. The van der Waals surface area contributed by atoms with Crippen molar-refractivity contribution in [1.82, 2.24) is 14.7 Å². The van der Waals surface area contributed by atoms with Crippen LogP contribution in [0.5, 0.6) is 5.75 Å². The van der Waals surface area contributed by atoms with Crippen molar-refractivity contribution in [3.05, 3.63) is 82.8 Å². The largest absolute Gasteiger partial charge is 0.497 e. The average Bonchev–Trinajstić information content (AvgIpc) is 3.26. The van der Waals surface area contributed by atoms with Crippen molar-refractivity contribution in [3.63, 3.8) is 0 Å². The highest BCUT2D eigenvalue weighted by Gasteiger charge is 2.16. The monoisotopic (exact) mass is 416 g/mol. The molecular weight excluding hydrogens is 396 g/mol. The third-order valence-electron chi connectivity index (χ3n) is 4.75. The normalized spacial score (nSPS) is 10.6. The van der Waals surface area contributed by atoms with Crippen LogP contribution in [0.15, 0.2) is 76.2 Å². The SMILES string of the molecule is COc1ccc(NC(=O)Cn2cccc(-c3nc(-c4ccccc4C)no3)c2=O)cc1. The molecule has 0 aliphatic carbocycles. The molecule has 31 heavy (non-hydrogen) atoms. The molecule has 2 aromatic heterocycles. The molecular formula is C23H20N4O4. The second-order valence-electron chi connectivity index (χ2n) is 6.87. The van der Waals surface area contributed by atoms with Crippen LogP contribution in [0.1, 0.15) is 5.56 Å². The fraction of sp³-hybridized carbons (Fsp3) is 0.130. The molecule has 1 amide bonds. The first-order valence-corrected chi connectivity index (χ1v) is 9.58. The Morgan fingerprint density at radius 1 is 1.06 bits per heavy atom. The van der Waals surface area contributed by atoms with E-state index in [0.717, 1.165) is 11.1 Å². The number of hydrogen-bond donors (Lipinski definition) is 1. The van der Waals surface area contributed by atoms with E-state index in [4.69, 9.17) is 9.26 Å². The molecule has 0 radical (unpaired) electrons. The molecule has 156 valence electrons. The third-order valence-corrected chi connectivity index (χ3v) is 4.75. The van der Waals surface area contributed by atoms with Crippen LogP contribution in [0.2, 0.25) is 0 Å². The minimum atomic E-state index is -0.396. The smallest absolute Gasteiger partial charge is 0.263 e. The zero-order valence-corrected chi connectivity index (χ0v) is 17.0. The molecule has 4 aromatic rings. The van der Waals surface area contributed by atoms with E-state index in [-0.39, 0.29) is 23.9 Å². The number of amides is 1. The summed E-state index contributed by atoms with van der Waals surface area (Å²) in [5.74, 6) is 0.857. The second kappa shape index (κ2) is 8.66. The van der Waals surface area contributed by atoms with Crippen LogP contribution in [0, 0.1) is 6.92 Å². The molecule has 0 spiro atoms. The van der Waals surface area contributed by atoms with Crippen LogP contribution in [-0.4, -0.2) is 27.7 Å². The second-order valence-corrected chi connectivity index (χ2v) is 6.87. The van der Waals surface area contributed by atoms with E-state index in [9.17, 15) is 9.59 Å². The summed E-state index contributed by atoms with van der Waals surface area (Å²) in [6, 6.07) is 17.8. The lowest BCUT2D eigenvalue weighted by atomic mass is 10.1. The lowest BCUT2D eigenvalue weighted by molar-refractivity contribution is -0.116. The van der Waals surface area contributed by atoms with Gasteiger partial charge in [0, 0.05) is 17.4 Å². The molecule has 0 saturated heterocycles. The fourth-order valence-electron chi connectivity index (χ4n) is 3.12. The number of carbonyl (C=O) groups is 1. The maximum Gasteiger partial charge on any atom is 0.263 e. The van der Waals surface area contributed by atoms with Gasteiger partial charge in [-0.15, -0.1) is 0 Å². The van der Waals surface area contributed by atoms with Crippen LogP contribution in [0.25, 0.3) is 22.8 Å². The average molecular weight is 416 g/mol. The minimum Gasteiger partial charge on any atom is -0.497 e. The van der Waals surface area contributed by atoms with Crippen LogP contribution in [-0.2, 0) is 11.3 Å². The summed E-state index contributed by atoms with van der Waals surface area (Å²) in [5.41, 5.74) is 2.26.